The van der Waals surface area contributed by atoms with Crippen molar-refractivity contribution in [2.75, 3.05) is 6.54 Å². The van der Waals surface area contributed by atoms with E-state index in [1.807, 2.05) is 24.3 Å². The molecule has 2 rings (SSSR count). The van der Waals surface area contributed by atoms with E-state index in [0.29, 0.717) is 23.9 Å². The van der Waals surface area contributed by atoms with Crippen LogP contribution in [0.2, 0.25) is 5.02 Å². The monoisotopic (exact) mass is 265 g/mol. The van der Waals surface area contributed by atoms with E-state index in [9.17, 15) is 5.11 Å². The lowest BCUT2D eigenvalue weighted by atomic mass is 10.0. The summed E-state index contributed by atoms with van der Waals surface area (Å²) >= 11 is 5.90. The van der Waals surface area contributed by atoms with Crippen LogP contribution in [0, 0.1) is 0 Å². The van der Waals surface area contributed by atoms with Crippen LogP contribution in [0.3, 0.4) is 0 Å². The molecule has 0 aliphatic heterocycles. The number of rotatable bonds is 5. The van der Waals surface area contributed by atoms with Crippen LogP contribution in [0.5, 0.6) is 0 Å². The number of furan rings is 1. The van der Waals surface area contributed by atoms with E-state index in [0.717, 1.165) is 5.56 Å². The van der Waals surface area contributed by atoms with Crippen LogP contribution >= 0.6 is 11.6 Å². The summed E-state index contributed by atoms with van der Waals surface area (Å²) in [5.74, 6) is 0.557. The first kappa shape index (κ1) is 13.1. The Bertz CT molecular complexity index is 494. The van der Waals surface area contributed by atoms with Crippen LogP contribution in [0.15, 0.2) is 47.1 Å². The molecule has 0 aliphatic carbocycles. The van der Waals surface area contributed by atoms with Gasteiger partial charge in [0.1, 0.15) is 11.4 Å². The summed E-state index contributed by atoms with van der Waals surface area (Å²) in [5, 5.41) is 14.1. The van der Waals surface area contributed by atoms with Crippen LogP contribution < -0.4 is 5.32 Å². The van der Waals surface area contributed by atoms with E-state index < -0.39 is 5.60 Å². The van der Waals surface area contributed by atoms with Gasteiger partial charge in [0, 0.05) is 18.1 Å². The first-order chi connectivity index (χ1) is 8.58. The summed E-state index contributed by atoms with van der Waals surface area (Å²) in [6, 6.07) is 11.2. The van der Waals surface area contributed by atoms with Crippen LogP contribution in [-0.2, 0) is 12.1 Å². The smallest absolute Gasteiger partial charge is 0.136 e. The molecule has 18 heavy (non-hydrogen) atoms. The largest absolute Gasteiger partial charge is 0.466 e. The SMILES string of the molecule is CC(O)(CNCc1cccc(Cl)c1)c1ccco1. The van der Waals surface area contributed by atoms with E-state index in [1.54, 1.807) is 25.3 Å². The Morgan fingerprint density at radius 3 is 2.83 bits per heavy atom. The fourth-order valence-electron chi connectivity index (χ4n) is 1.77. The number of halogens is 1. The van der Waals surface area contributed by atoms with Gasteiger partial charge in [-0.15, -0.1) is 0 Å². The van der Waals surface area contributed by atoms with E-state index in [1.165, 1.54) is 0 Å². The Labute approximate surface area is 111 Å². The average molecular weight is 266 g/mol. The third-order valence-corrected chi connectivity index (χ3v) is 2.97. The van der Waals surface area contributed by atoms with Crippen molar-refractivity contribution in [3.05, 3.63) is 59.0 Å². The van der Waals surface area contributed by atoms with Gasteiger partial charge in [0.15, 0.2) is 0 Å². The van der Waals surface area contributed by atoms with Gasteiger partial charge in [-0.25, -0.2) is 0 Å². The zero-order valence-electron chi connectivity index (χ0n) is 10.2. The Morgan fingerprint density at radius 2 is 2.17 bits per heavy atom. The quantitative estimate of drug-likeness (QED) is 0.874. The lowest BCUT2D eigenvalue weighted by molar-refractivity contribution is 0.0340. The molecule has 1 heterocycles. The van der Waals surface area contributed by atoms with Crippen molar-refractivity contribution >= 4 is 11.6 Å². The lowest BCUT2D eigenvalue weighted by Gasteiger charge is -2.21. The summed E-state index contributed by atoms with van der Waals surface area (Å²) in [6.45, 7) is 2.78. The van der Waals surface area contributed by atoms with Gasteiger partial charge < -0.3 is 14.8 Å². The van der Waals surface area contributed by atoms with E-state index in [-0.39, 0.29) is 0 Å². The van der Waals surface area contributed by atoms with Gasteiger partial charge in [-0.2, -0.15) is 0 Å². The fourth-order valence-corrected chi connectivity index (χ4v) is 1.98. The zero-order chi connectivity index (χ0) is 13.0. The molecule has 1 aromatic carbocycles. The summed E-state index contributed by atoms with van der Waals surface area (Å²) in [5.41, 5.74) is 0.0694. The minimum atomic E-state index is -1.01. The second-order valence-electron chi connectivity index (χ2n) is 4.48. The molecule has 2 N–H and O–H groups in total. The Kier molecular flexibility index (Phi) is 4.07. The Balaban J connectivity index is 1.89. The van der Waals surface area contributed by atoms with Crippen molar-refractivity contribution in [1.82, 2.24) is 5.32 Å². The van der Waals surface area contributed by atoms with Crippen molar-refractivity contribution in [1.29, 1.82) is 0 Å². The van der Waals surface area contributed by atoms with E-state index >= 15 is 0 Å². The molecule has 0 radical (unpaired) electrons. The van der Waals surface area contributed by atoms with Crippen molar-refractivity contribution < 1.29 is 9.52 Å². The molecule has 1 unspecified atom stereocenters. The van der Waals surface area contributed by atoms with Gasteiger partial charge >= 0.3 is 0 Å². The van der Waals surface area contributed by atoms with Gasteiger partial charge in [-0.3, -0.25) is 0 Å². The molecule has 4 heteroatoms. The number of nitrogens with one attached hydrogen (secondary N) is 1. The molecule has 1 atom stereocenters. The number of aliphatic hydroxyl groups is 1. The third kappa shape index (κ3) is 3.35. The Morgan fingerprint density at radius 1 is 1.33 bits per heavy atom. The first-order valence-corrected chi connectivity index (χ1v) is 6.17. The number of benzene rings is 1. The van der Waals surface area contributed by atoms with Gasteiger partial charge in [0.05, 0.1) is 6.26 Å². The van der Waals surface area contributed by atoms with Gasteiger partial charge in [0.2, 0.25) is 0 Å². The van der Waals surface area contributed by atoms with Gasteiger partial charge in [-0.1, -0.05) is 23.7 Å². The lowest BCUT2D eigenvalue weighted by Crippen LogP contribution is -2.34. The van der Waals surface area contributed by atoms with Crippen molar-refractivity contribution in [2.45, 2.75) is 19.1 Å². The molecule has 1 aromatic heterocycles. The highest BCUT2D eigenvalue weighted by atomic mass is 35.5. The predicted octanol–water partition coefficient (Wildman–Crippen LogP) is 2.93. The third-order valence-electron chi connectivity index (χ3n) is 2.74. The van der Waals surface area contributed by atoms with E-state index in [4.69, 9.17) is 16.0 Å². The fraction of sp³-hybridized carbons (Fsp3) is 0.286. The molecule has 0 spiro atoms. The molecule has 0 bridgehead atoms. The highest BCUT2D eigenvalue weighted by molar-refractivity contribution is 6.30. The minimum Gasteiger partial charge on any atom is -0.466 e. The first-order valence-electron chi connectivity index (χ1n) is 5.79. The predicted molar refractivity (Wildman–Crippen MR) is 71.4 cm³/mol. The van der Waals surface area contributed by atoms with Crippen LogP contribution in [0.1, 0.15) is 18.2 Å². The highest BCUT2D eigenvalue weighted by Gasteiger charge is 2.25. The topological polar surface area (TPSA) is 45.4 Å². The normalized spacial score (nSPS) is 14.4. The van der Waals surface area contributed by atoms with Gasteiger partial charge in [-0.05, 0) is 36.8 Å². The maximum Gasteiger partial charge on any atom is 0.136 e. The molecular formula is C14H16ClNO2. The van der Waals surface area contributed by atoms with Crippen molar-refractivity contribution in [3.8, 4) is 0 Å². The standard InChI is InChI=1S/C14H16ClNO2/c1-14(17,13-6-3-7-18-13)10-16-9-11-4-2-5-12(15)8-11/h2-8,16-17H,9-10H2,1H3. The van der Waals surface area contributed by atoms with Crippen molar-refractivity contribution in [2.24, 2.45) is 0 Å². The molecule has 0 saturated heterocycles. The second kappa shape index (κ2) is 5.57. The highest BCUT2D eigenvalue weighted by Crippen LogP contribution is 2.20. The minimum absolute atomic E-state index is 0.410. The Hall–Kier alpha value is -1.29. The molecule has 2 aromatic rings. The van der Waals surface area contributed by atoms with Gasteiger partial charge in [0.25, 0.3) is 0 Å². The second-order valence-corrected chi connectivity index (χ2v) is 4.92. The summed E-state index contributed by atoms with van der Waals surface area (Å²) in [4.78, 5) is 0. The number of hydrogen-bond acceptors (Lipinski definition) is 3. The van der Waals surface area contributed by atoms with Crippen LogP contribution in [0.25, 0.3) is 0 Å². The number of hydrogen-bond donors (Lipinski definition) is 2. The summed E-state index contributed by atoms with van der Waals surface area (Å²) in [7, 11) is 0. The molecule has 3 nitrogen and oxygen atoms in total. The van der Waals surface area contributed by atoms with Crippen LogP contribution in [-0.4, -0.2) is 11.7 Å². The maximum absolute atomic E-state index is 10.2. The van der Waals surface area contributed by atoms with Crippen molar-refractivity contribution in [3.63, 3.8) is 0 Å². The molecule has 0 aliphatic rings. The maximum atomic E-state index is 10.2. The average Bonchev–Trinajstić information content (AvgIpc) is 2.83. The summed E-state index contributed by atoms with van der Waals surface area (Å²) in [6.07, 6.45) is 1.56. The molecule has 0 saturated carbocycles. The molecule has 0 fully saturated rings. The molecular weight excluding hydrogens is 250 g/mol. The van der Waals surface area contributed by atoms with E-state index in [2.05, 4.69) is 5.32 Å². The summed E-state index contributed by atoms with van der Waals surface area (Å²) < 4.78 is 5.21. The zero-order valence-corrected chi connectivity index (χ0v) is 10.9. The molecule has 0 amide bonds. The molecule has 96 valence electrons. The van der Waals surface area contributed by atoms with Crippen LogP contribution in [0.4, 0.5) is 0 Å².